The highest BCUT2D eigenvalue weighted by Gasteiger charge is 2.07. The third-order valence-corrected chi connectivity index (χ3v) is 4.68. The van der Waals surface area contributed by atoms with E-state index >= 15 is 0 Å². The predicted molar refractivity (Wildman–Crippen MR) is 125 cm³/mol. The van der Waals surface area contributed by atoms with Gasteiger partial charge in [0, 0.05) is 17.8 Å². The monoisotopic (exact) mass is 426 g/mol. The van der Waals surface area contributed by atoms with Gasteiger partial charge in [-0.2, -0.15) is 0 Å². The highest BCUT2D eigenvalue weighted by Crippen LogP contribution is 2.28. The number of unbranched alkanes of at least 4 members (excludes halogenated alkanes) is 2. The second-order valence-corrected chi connectivity index (χ2v) is 7.27. The first-order valence-corrected chi connectivity index (χ1v) is 10.7. The van der Waals surface area contributed by atoms with E-state index in [1.54, 1.807) is 6.20 Å². The third kappa shape index (κ3) is 8.32. The second-order valence-electron chi connectivity index (χ2n) is 7.27. The van der Waals surface area contributed by atoms with Crippen LogP contribution in [0.1, 0.15) is 49.8 Å². The molecule has 6 heteroatoms. The van der Waals surface area contributed by atoms with Crippen LogP contribution in [0.25, 0.3) is 0 Å². The lowest BCUT2D eigenvalue weighted by atomic mass is 10.1. The fraction of sp³-hybridized carbons (Fsp3) is 0.440. The van der Waals surface area contributed by atoms with Crippen LogP contribution in [0.4, 0.5) is 0 Å². The Morgan fingerprint density at radius 2 is 1.71 bits per heavy atom. The predicted octanol–water partition coefficient (Wildman–Crippen LogP) is 5.65. The Kier molecular flexibility index (Phi) is 10.4. The summed E-state index contributed by atoms with van der Waals surface area (Å²) in [4.78, 5) is 9.08. The highest BCUT2D eigenvalue weighted by atomic mass is 16.6. The Morgan fingerprint density at radius 3 is 2.32 bits per heavy atom. The molecule has 0 unspecified atom stereocenters. The molecule has 0 spiro atoms. The van der Waals surface area contributed by atoms with Gasteiger partial charge < -0.3 is 19.0 Å². The van der Waals surface area contributed by atoms with Gasteiger partial charge in [-0.1, -0.05) is 17.3 Å². The average Bonchev–Trinajstić information content (AvgIpc) is 2.75. The van der Waals surface area contributed by atoms with Gasteiger partial charge in [0.15, 0.2) is 0 Å². The van der Waals surface area contributed by atoms with Crippen molar-refractivity contribution in [3.8, 4) is 17.4 Å². The van der Waals surface area contributed by atoms with Gasteiger partial charge in [0.1, 0.15) is 25.2 Å². The molecular weight excluding hydrogens is 392 g/mol. The van der Waals surface area contributed by atoms with Gasteiger partial charge in [-0.25, -0.2) is 4.98 Å². The maximum atomic E-state index is 6.02. The zero-order chi connectivity index (χ0) is 22.5. The summed E-state index contributed by atoms with van der Waals surface area (Å²) in [6, 6.07) is 7.83. The van der Waals surface area contributed by atoms with Gasteiger partial charge in [0.2, 0.25) is 5.88 Å². The fourth-order valence-electron chi connectivity index (χ4n) is 3.06. The van der Waals surface area contributed by atoms with Crippen molar-refractivity contribution in [3.05, 3.63) is 59.3 Å². The quantitative estimate of drug-likeness (QED) is 0.179. The molecule has 0 bridgehead atoms. The molecule has 0 aliphatic rings. The minimum atomic E-state index is 0.582. The minimum Gasteiger partial charge on any atom is -0.493 e. The number of allylic oxidation sites excluding steroid dienone is 1. The number of hydrogen-bond donors (Lipinski definition) is 0. The van der Waals surface area contributed by atoms with Crippen molar-refractivity contribution in [2.24, 2.45) is 5.16 Å². The van der Waals surface area contributed by atoms with E-state index in [4.69, 9.17) is 19.0 Å². The number of oxime groups is 1. The topological polar surface area (TPSA) is 62.2 Å². The molecule has 0 saturated carbocycles. The number of rotatable bonds is 13. The summed E-state index contributed by atoms with van der Waals surface area (Å²) in [6.45, 7) is 9.87. The molecule has 168 valence electrons. The van der Waals surface area contributed by atoms with Crippen molar-refractivity contribution in [3.63, 3.8) is 0 Å². The molecule has 2 rings (SSSR count). The highest BCUT2D eigenvalue weighted by molar-refractivity contribution is 5.98. The summed E-state index contributed by atoms with van der Waals surface area (Å²) >= 11 is 0. The molecule has 1 heterocycles. The van der Waals surface area contributed by atoms with Crippen LogP contribution in [-0.2, 0) is 4.84 Å². The molecule has 0 aliphatic carbocycles. The molecule has 1 aromatic carbocycles. The normalized spacial score (nSPS) is 11.6. The molecule has 0 aliphatic heterocycles. The molecule has 0 amide bonds. The van der Waals surface area contributed by atoms with E-state index in [1.807, 2.05) is 50.3 Å². The van der Waals surface area contributed by atoms with Crippen LogP contribution in [0.3, 0.4) is 0 Å². The molecule has 2 aromatic rings. The molecule has 0 fully saturated rings. The Balaban J connectivity index is 1.67. The Bertz CT molecular complexity index is 837. The first kappa shape index (κ1) is 24.3. The molecule has 0 radical (unpaired) electrons. The van der Waals surface area contributed by atoms with Gasteiger partial charge in [-0.05, 0) is 76.3 Å². The maximum Gasteiger partial charge on any atom is 0.213 e. The van der Waals surface area contributed by atoms with Crippen LogP contribution in [-0.4, -0.2) is 37.6 Å². The van der Waals surface area contributed by atoms with Crippen molar-refractivity contribution in [1.29, 1.82) is 0 Å². The summed E-state index contributed by atoms with van der Waals surface area (Å²) in [5.41, 5.74) is 3.88. The number of nitrogens with zero attached hydrogens (tertiary/aromatic N) is 2. The molecule has 0 N–H and O–H groups in total. The van der Waals surface area contributed by atoms with Crippen molar-refractivity contribution in [1.82, 2.24) is 4.98 Å². The number of hydrogen-bond acceptors (Lipinski definition) is 6. The number of aromatic nitrogens is 1. The minimum absolute atomic E-state index is 0.582. The van der Waals surface area contributed by atoms with Gasteiger partial charge in [0.25, 0.3) is 0 Å². The summed E-state index contributed by atoms with van der Waals surface area (Å²) in [5.74, 6) is 2.44. The van der Waals surface area contributed by atoms with E-state index < -0.39 is 0 Å². The largest absolute Gasteiger partial charge is 0.493 e. The van der Waals surface area contributed by atoms with Gasteiger partial charge in [-0.3, -0.25) is 0 Å². The van der Waals surface area contributed by atoms with Crippen molar-refractivity contribution < 1.29 is 19.0 Å². The number of ether oxygens (including phenoxy) is 3. The summed E-state index contributed by atoms with van der Waals surface area (Å²) in [7, 11) is 1.53. The van der Waals surface area contributed by atoms with E-state index in [-0.39, 0.29) is 0 Å². The van der Waals surface area contributed by atoms with Crippen LogP contribution in [0, 0.1) is 13.8 Å². The lowest BCUT2D eigenvalue weighted by molar-refractivity contribution is 0.213. The zero-order valence-electron chi connectivity index (χ0n) is 19.3. The number of pyridine rings is 1. The van der Waals surface area contributed by atoms with Crippen LogP contribution >= 0.6 is 0 Å². The average molecular weight is 427 g/mol. The Hall–Kier alpha value is -3.02. The maximum absolute atomic E-state index is 6.02. The smallest absolute Gasteiger partial charge is 0.213 e. The third-order valence-electron chi connectivity index (χ3n) is 4.68. The van der Waals surface area contributed by atoms with Crippen LogP contribution in [0.5, 0.6) is 17.4 Å². The molecular formula is C25H34N2O4. The SMILES string of the molecule is C/C=C/COc1cc(C)c(OCCCCCOc2ccc(/C(C)=N\OC)cn2)c(C)c1. The molecule has 31 heavy (non-hydrogen) atoms. The Morgan fingerprint density at radius 1 is 1.00 bits per heavy atom. The second kappa shape index (κ2) is 13.3. The van der Waals surface area contributed by atoms with E-state index in [9.17, 15) is 0 Å². The van der Waals surface area contributed by atoms with Crippen molar-refractivity contribution >= 4 is 5.71 Å². The van der Waals surface area contributed by atoms with Crippen molar-refractivity contribution in [2.45, 2.75) is 47.0 Å². The van der Waals surface area contributed by atoms with Crippen LogP contribution < -0.4 is 14.2 Å². The first-order valence-electron chi connectivity index (χ1n) is 10.7. The summed E-state index contributed by atoms with van der Waals surface area (Å²) in [5, 5.41) is 3.90. The van der Waals surface area contributed by atoms with Crippen LogP contribution in [0.15, 0.2) is 47.8 Å². The van der Waals surface area contributed by atoms with Crippen molar-refractivity contribution in [2.75, 3.05) is 26.9 Å². The Labute approximate surface area is 185 Å². The van der Waals surface area contributed by atoms with E-state index in [1.165, 1.54) is 7.11 Å². The van der Waals surface area contributed by atoms with E-state index in [0.717, 1.165) is 53.2 Å². The van der Waals surface area contributed by atoms with Gasteiger partial charge >= 0.3 is 0 Å². The summed E-state index contributed by atoms with van der Waals surface area (Å²) < 4.78 is 17.5. The standard InChI is InChI=1S/C25H34N2O4/c1-6-7-13-29-23-16-19(2)25(20(3)17-23)31-15-10-8-9-14-30-24-12-11-22(18-26-24)21(4)27-28-5/h6-7,11-12,16-18H,8-10,13-15H2,1-5H3/b7-6+,27-21-. The van der Waals surface area contributed by atoms with Gasteiger partial charge in [0.05, 0.1) is 18.9 Å². The lowest BCUT2D eigenvalue weighted by Crippen LogP contribution is -2.04. The van der Waals surface area contributed by atoms with E-state index in [2.05, 4.69) is 24.0 Å². The lowest BCUT2D eigenvalue weighted by Gasteiger charge is -2.14. The van der Waals surface area contributed by atoms with Crippen LogP contribution in [0.2, 0.25) is 0 Å². The molecule has 6 nitrogen and oxygen atoms in total. The number of aryl methyl sites for hydroxylation is 2. The zero-order valence-corrected chi connectivity index (χ0v) is 19.3. The first-order chi connectivity index (χ1) is 15.0. The van der Waals surface area contributed by atoms with E-state index in [0.29, 0.717) is 25.7 Å². The number of benzene rings is 1. The fourth-order valence-corrected chi connectivity index (χ4v) is 3.06. The molecule has 0 saturated heterocycles. The molecule has 0 atom stereocenters. The molecule has 1 aromatic heterocycles. The van der Waals surface area contributed by atoms with Gasteiger partial charge in [-0.15, -0.1) is 0 Å². The summed E-state index contributed by atoms with van der Waals surface area (Å²) in [6.07, 6.45) is 8.66.